The molecule has 0 heterocycles. The number of nitrogens with one attached hydrogen (secondary N) is 2. The molecule has 0 aliphatic carbocycles. The quantitative estimate of drug-likeness (QED) is 0.695. The van der Waals surface area contributed by atoms with E-state index in [1.54, 1.807) is 31.2 Å². The first-order valence-corrected chi connectivity index (χ1v) is 10.0. The van der Waals surface area contributed by atoms with Gasteiger partial charge in [-0.05, 0) is 44.2 Å². The third kappa shape index (κ3) is 5.35. The topological polar surface area (TPSA) is 93.7 Å². The molecule has 0 aliphatic heterocycles. The monoisotopic (exact) mass is 412 g/mol. The lowest BCUT2D eigenvalue weighted by atomic mass is 10.2. The molecular weight excluding hydrogens is 392 g/mol. The lowest BCUT2D eigenvalue weighted by molar-refractivity contribution is -0.117. The highest BCUT2D eigenvalue weighted by atomic mass is 35.5. The minimum Gasteiger partial charge on any atom is -0.495 e. The Morgan fingerprint density at radius 1 is 1.19 bits per heavy atom. The second-order valence-electron chi connectivity index (χ2n) is 5.56. The van der Waals surface area contributed by atoms with Crippen molar-refractivity contribution in [2.24, 2.45) is 0 Å². The fraction of sp³-hybridized carbons (Fsp3) is 0.278. The van der Waals surface area contributed by atoms with Gasteiger partial charge in [-0.1, -0.05) is 23.7 Å². The zero-order chi connectivity index (χ0) is 20.0. The van der Waals surface area contributed by atoms with E-state index in [2.05, 4.69) is 10.0 Å². The molecule has 0 bridgehead atoms. The van der Waals surface area contributed by atoms with Crippen LogP contribution in [0.1, 0.15) is 13.8 Å². The van der Waals surface area contributed by atoms with E-state index >= 15 is 0 Å². The second-order valence-corrected chi connectivity index (χ2v) is 7.68. The van der Waals surface area contributed by atoms with Crippen LogP contribution in [-0.4, -0.2) is 34.1 Å². The van der Waals surface area contributed by atoms with Crippen LogP contribution in [0.25, 0.3) is 0 Å². The lowest BCUT2D eigenvalue weighted by Crippen LogP contribution is -2.41. The van der Waals surface area contributed by atoms with Crippen LogP contribution in [0.5, 0.6) is 11.5 Å². The van der Waals surface area contributed by atoms with Gasteiger partial charge in [0.05, 0.1) is 35.4 Å². The SMILES string of the molecule is CCOc1ccc(S(=O)(=O)N[C@H](C)C(=O)Nc2ccccc2OC)cc1Cl. The molecule has 2 N–H and O–H groups in total. The van der Waals surface area contributed by atoms with Gasteiger partial charge < -0.3 is 14.8 Å². The summed E-state index contributed by atoms with van der Waals surface area (Å²) in [6, 6.07) is 9.93. The maximum Gasteiger partial charge on any atom is 0.242 e. The third-order valence-corrected chi connectivity index (χ3v) is 5.44. The molecule has 0 saturated carbocycles. The van der Waals surface area contributed by atoms with Gasteiger partial charge in [-0.3, -0.25) is 4.79 Å². The fourth-order valence-electron chi connectivity index (χ4n) is 2.26. The number of para-hydroxylation sites is 2. The normalized spacial score (nSPS) is 12.3. The Kier molecular flexibility index (Phi) is 7.06. The van der Waals surface area contributed by atoms with Crippen LogP contribution in [0.4, 0.5) is 5.69 Å². The molecule has 0 aliphatic rings. The van der Waals surface area contributed by atoms with Crippen LogP contribution >= 0.6 is 11.6 Å². The van der Waals surface area contributed by atoms with Crippen LogP contribution in [0.15, 0.2) is 47.4 Å². The molecule has 1 amide bonds. The third-order valence-electron chi connectivity index (χ3n) is 3.60. The predicted octanol–water partition coefficient (Wildman–Crippen LogP) is 3.05. The minimum absolute atomic E-state index is 0.0621. The van der Waals surface area contributed by atoms with Crippen molar-refractivity contribution in [1.82, 2.24) is 4.72 Å². The molecule has 9 heteroatoms. The van der Waals surface area contributed by atoms with Gasteiger partial charge in [0.25, 0.3) is 0 Å². The van der Waals surface area contributed by atoms with E-state index in [4.69, 9.17) is 21.1 Å². The Morgan fingerprint density at radius 3 is 2.52 bits per heavy atom. The molecule has 2 rings (SSSR count). The van der Waals surface area contributed by atoms with Crippen molar-refractivity contribution in [3.8, 4) is 11.5 Å². The Labute approximate surface area is 163 Å². The van der Waals surface area contributed by atoms with Crippen molar-refractivity contribution in [3.05, 3.63) is 47.5 Å². The summed E-state index contributed by atoms with van der Waals surface area (Å²) in [6.07, 6.45) is 0. The Bertz CT molecular complexity index is 918. The van der Waals surface area contributed by atoms with Crippen molar-refractivity contribution in [3.63, 3.8) is 0 Å². The highest BCUT2D eigenvalue weighted by Crippen LogP contribution is 2.27. The number of hydrogen-bond donors (Lipinski definition) is 2. The predicted molar refractivity (Wildman–Crippen MR) is 104 cm³/mol. The summed E-state index contributed by atoms with van der Waals surface area (Å²) in [5, 5.41) is 2.81. The highest BCUT2D eigenvalue weighted by molar-refractivity contribution is 7.89. The summed E-state index contributed by atoms with van der Waals surface area (Å²) >= 11 is 6.04. The summed E-state index contributed by atoms with van der Waals surface area (Å²) < 4.78 is 37.8. The number of rotatable bonds is 8. The van der Waals surface area contributed by atoms with Crippen LogP contribution < -0.4 is 19.5 Å². The first-order chi connectivity index (χ1) is 12.8. The molecule has 1 atom stereocenters. The summed E-state index contributed by atoms with van der Waals surface area (Å²) in [6.45, 7) is 3.65. The number of amides is 1. The van der Waals surface area contributed by atoms with E-state index in [0.29, 0.717) is 23.8 Å². The first kappa shape index (κ1) is 21.0. The van der Waals surface area contributed by atoms with Crippen molar-refractivity contribution < 1.29 is 22.7 Å². The number of ether oxygens (including phenoxy) is 2. The zero-order valence-corrected chi connectivity index (χ0v) is 16.7. The molecule has 146 valence electrons. The van der Waals surface area contributed by atoms with Gasteiger partial charge in [0.15, 0.2) is 0 Å². The van der Waals surface area contributed by atoms with Gasteiger partial charge in [0.2, 0.25) is 15.9 Å². The molecule has 2 aromatic rings. The highest BCUT2D eigenvalue weighted by Gasteiger charge is 2.23. The second kappa shape index (κ2) is 9.07. The number of methoxy groups -OCH3 is 1. The number of carbonyl (C=O) groups excluding carboxylic acids is 1. The molecule has 2 aromatic carbocycles. The molecule has 0 unspecified atom stereocenters. The van der Waals surface area contributed by atoms with Gasteiger partial charge in [0.1, 0.15) is 11.5 Å². The first-order valence-electron chi connectivity index (χ1n) is 8.17. The smallest absolute Gasteiger partial charge is 0.242 e. The van der Waals surface area contributed by atoms with Crippen molar-refractivity contribution in [2.75, 3.05) is 19.0 Å². The van der Waals surface area contributed by atoms with Gasteiger partial charge in [-0.2, -0.15) is 4.72 Å². The average molecular weight is 413 g/mol. The maximum absolute atomic E-state index is 12.5. The number of carbonyl (C=O) groups is 1. The van der Waals surface area contributed by atoms with Crippen molar-refractivity contribution >= 4 is 33.2 Å². The number of benzene rings is 2. The van der Waals surface area contributed by atoms with Crippen LogP contribution in [0, 0.1) is 0 Å². The summed E-state index contributed by atoms with van der Waals surface area (Å²) in [4.78, 5) is 12.3. The lowest BCUT2D eigenvalue weighted by Gasteiger charge is -2.16. The van der Waals surface area contributed by atoms with Crippen LogP contribution in [-0.2, 0) is 14.8 Å². The van der Waals surface area contributed by atoms with E-state index < -0.39 is 22.0 Å². The molecule has 27 heavy (non-hydrogen) atoms. The molecular formula is C18H21ClN2O5S. The van der Waals surface area contributed by atoms with Crippen molar-refractivity contribution in [1.29, 1.82) is 0 Å². The average Bonchev–Trinajstić information content (AvgIpc) is 2.63. The molecule has 0 saturated heterocycles. The van der Waals surface area contributed by atoms with E-state index in [1.165, 1.54) is 32.2 Å². The van der Waals surface area contributed by atoms with E-state index in [1.807, 2.05) is 0 Å². The number of sulfonamides is 1. The van der Waals surface area contributed by atoms with Crippen LogP contribution in [0.3, 0.4) is 0 Å². The van der Waals surface area contributed by atoms with Crippen LogP contribution in [0.2, 0.25) is 5.02 Å². The maximum atomic E-state index is 12.5. The minimum atomic E-state index is -3.95. The molecule has 0 fully saturated rings. The van der Waals surface area contributed by atoms with Crippen molar-refractivity contribution in [2.45, 2.75) is 24.8 Å². The van der Waals surface area contributed by atoms with Gasteiger partial charge >= 0.3 is 0 Å². The zero-order valence-electron chi connectivity index (χ0n) is 15.2. The summed E-state index contributed by atoms with van der Waals surface area (Å²) in [5.74, 6) is 0.333. The largest absolute Gasteiger partial charge is 0.495 e. The van der Waals surface area contributed by atoms with E-state index in [0.717, 1.165) is 0 Å². The molecule has 0 radical (unpaired) electrons. The van der Waals surface area contributed by atoms with Gasteiger partial charge in [-0.25, -0.2) is 8.42 Å². The van der Waals surface area contributed by atoms with E-state index in [-0.39, 0.29) is 9.92 Å². The summed E-state index contributed by atoms with van der Waals surface area (Å²) in [7, 11) is -2.47. The number of anilines is 1. The molecule has 0 aromatic heterocycles. The Hall–Kier alpha value is -2.29. The number of hydrogen-bond acceptors (Lipinski definition) is 5. The van der Waals surface area contributed by atoms with Gasteiger partial charge in [0, 0.05) is 0 Å². The molecule has 7 nitrogen and oxygen atoms in total. The summed E-state index contributed by atoms with van der Waals surface area (Å²) in [5.41, 5.74) is 0.445. The van der Waals surface area contributed by atoms with Gasteiger partial charge in [-0.15, -0.1) is 0 Å². The molecule has 0 spiro atoms. The van der Waals surface area contributed by atoms with E-state index in [9.17, 15) is 13.2 Å². The number of halogens is 1. The fourth-order valence-corrected chi connectivity index (χ4v) is 3.79. The Morgan fingerprint density at radius 2 is 1.89 bits per heavy atom. The Balaban J connectivity index is 2.12. The standard InChI is InChI=1S/C18H21ClN2O5S/c1-4-26-16-10-9-13(11-14(16)19)27(23,24)21-12(2)18(22)20-15-7-5-6-8-17(15)25-3/h5-12,21H,4H2,1-3H3,(H,20,22)/t12-/m1/s1.